The SMILES string of the molecule is CCOC(=O)C(N)CCSCc1ccc(CO)cc1. The summed E-state index contributed by atoms with van der Waals surface area (Å²) >= 11 is 1.73. The number of nitrogens with two attached hydrogens (primary N) is 1. The number of aliphatic hydroxyl groups excluding tert-OH is 1. The van der Waals surface area contributed by atoms with Crippen molar-refractivity contribution in [1.82, 2.24) is 0 Å². The summed E-state index contributed by atoms with van der Waals surface area (Å²) in [6, 6.07) is 7.32. The fourth-order valence-corrected chi connectivity index (χ4v) is 2.50. The molecule has 0 aliphatic carbocycles. The summed E-state index contributed by atoms with van der Waals surface area (Å²) in [7, 11) is 0. The Morgan fingerprint density at radius 1 is 1.37 bits per heavy atom. The van der Waals surface area contributed by atoms with Crippen LogP contribution in [0, 0.1) is 0 Å². The molecule has 19 heavy (non-hydrogen) atoms. The summed E-state index contributed by atoms with van der Waals surface area (Å²) in [6.07, 6.45) is 0.623. The molecule has 0 amide bonds. The first kappa shape index (κ1) is 16.0. The van der Waals surface area contributed by atoms with Gasteiger partial charge in [0.05, 0.1) is 13.2 Å². The number of ether oxygens (including phenoxy) is 1. The van der Waals surface area contributed by atoms with Gasteiger partial charge in [-0.1, -0.05) is 24.3 Å². The molecule has 0 aliphatic rings. The molecule has 0 spiro atoms. The summed E-state index contributed by atoms with van der Waals surface area (Å²) in [5.74, 6) is 1.37. The normalized spacial score (nSPS) is 12.2. The summed E-state index contributed by atoms with van der Waals surface area (Å²) in [4.78, 5) is 11.3. The molecule has 0 heterocycles. The zero-order valence-corrected chi connectivity index (χ0v) is 12.0. The molecule has 1 aromatic rings. The Balaban J connectivity index is 2.21. The number of esters is 1. The van der Waals surface area contributed by atoms with E-state index in [2.05, 4.69) is 0 Å². The summed E-state index contributed by atoms with van der Waals surface area (Å²) < 4.78 is 4.85. The van der Waals surface area contributed by atoms with Crippen molar-refractivity contribution < 1.29 is 14.6 Å². The number of hydrogen-bond acceptors (Lipinski definition) is 5. The number of thioether (sulfide) groups is 1. The molecule has 5 heteroatoms. The first-order valence-electron chi connectivity index (χ1n) is 6.36. The van der Waals surface area contributed by atoms with Gasteiger partial charge in [0.25, 0.3) is 0 Å². The Labute approximate surface area is 118 Å². The van der Waals surface area contributed by atoms with Crippen LogP contribution in [0.25, 0.3) is 0 Å². The van der Waals surface area contributed by atoms with E-state index in [1.807, 2.05) is 24.3 Å². The molecular weight excluding hydrogens is 262 g/mol. The van der Waals surface area contributed by atoms with Crippen LogP contribution in [0.5, 0.6) is 0 Å². The van der Waals surface area contributed by atoms with E-state index in [0.29, 0.717) is 13.0 Å². The molecule has 0 aromatic heterocycles. The lowest BCUT2D eigenvalue weighted by Gasteiger charge is -2.10. The highest BCUT2D eigenvalue weighted by atomic mass is 32.2. The lowest BCUT2D eigenvalue weighted by molar-refractivity contribution is -0.144. The second-order valence-electron chi connectivity index (χ2n) is 4.17. The maximum atomic E-state index is 11.3. The number of benzene rings is 1. The summed E-state index contributed by atoms with van der Waals surface area (Å²) in [5.41, 5.74) is 7.82. The van der Waals surface area contributed by atoms with Gasteiger partial charge >= 0.3 is 5.97 Å². The van der Waals surface area contributed by atoms with Gasteiger partial charge in [-0.15, -0.1) is 0 Å². The van der Waals surface area contributed by atoms with Gasteiger partial charge in [0, 0.05) is 5.75 Å². The standard InChI is InChI=1S/C14H21NO3S/c1-2-18-14(17)13(15)7-8-19-10-12-5-3-11(9-16)4-6-12/h3-6,13,16H,2,7-10,15H2,1H3. The van der Waals surface area contributed by atoms with Crippen LogP contribution in [-0.4, -0.2) is 29.5 Å². The van der Waals surface area contributed by atoms with Crippen molar-refractivity contribution in [1.29, 1.82) is 0 Å². The lowest BCUT2D eigenvalue weighted by atomic mass is 10.2. The van der Waals surface area contributed by atoms with Gasteiger partial charge in [-0.2, -0.15) is 11.8 Å². The van der Waals surface area contributed by atoms with Crippen molar-refractivity contribution in [3.8, 4) is 0 Å². The Hall–Kier alpha value is -1.04. The molecule has 1 rings (SSSR count). The zero-order valence-electron chi connectivity index (χ0n) is 11.2. The number of aliphatic hydroxyl groups is 1. The Kier molecular flexibility index (Phi) is 7.55. The van der Waals surface area contributed by atoms with E-state index >= 15 is 0 Å². The van der Waals surface area contributed by atoms with Crippen molar-refractivity contribution in [2.45, 2.75) is 31.7 Å². The van der Waals surface area contributed by atoms with E-state index in [9.17, 15) is 4.79 Å². The average Bonchev–Trinajstić information content (AvgIpc) is 2.44. The Morgan fingerprint density at radius 3 is 2.58 bits per heavy atom. The molecule has 0 bridgehead atoms. The van der Waals surface area contributed by atoms with Crippen LogP contribution < -0.4 is 5.73 Å². The molecule has 0 fully saturated rings. The molecule has 1 aromatic carbocycles. The van der Waals surface area contributed by atoms with Gasteiger partial charge < -0.3 is 15.6 Å². The monoisotopic (exact) mass is 283 g/mol. The van der Waals surface area contributed by atoms with Gasteiger partial charge in [-0.25, -0.2) is 0 Å². The largest absolute Gasteiger partial charge is 0.465 e. The van der Waals surface area contributed by atoms with E-state index in [0.717, 1.165) is 17.1 Å². The predicted molar refractivity (Wildman–Crippen MR) is 77.8 cm³/mol. The molecule has 4 nitrogen and oxygen atoms in total. The van der Waals surface area contributed by atoms with E-state index in [4.69, 9.17) is 15.6 Å². The van der Waals surface area contributed by atoms with Gasteiger partial charge in [-0.3, -0.25) is 4.79 Å². The highest BCUT2D eigenvalue weighted by molar-refractivity contribution is 7.98. The highest BCUT2D eigenvalue weighted by Gasteiger charge is 2.13. The molecule has 0 saturated carbocycles. The maximum absolute atomic E-state index is 11.3. The quantitative estimate of drug-likeness (QED) is 0.561. The molecule has 0 saturated heterocycles. The fraction of sp³-hybridized carbons (Fsp3) is 0.500. The minimum absolute atomic E-state index is 0.0712. The third-order valence-corrected chi connectivity index (χ3v) is 3.70. The molecule has 106 valence electrons. The van der Waals surface area contributed by atoms with Gasteiger partial charge in [0.1, 0.15) is 6.04 Å². The Morgan fingerprint density at radius 2 is 2.00 bits per heavy atom. The van der Waals surface area contributed by atoms with Crippen molar-refractivity contribution in [3.63, 3.8) is 0 Å². The lowest BCUT2D eigenvalue weighted by Crippen LogP contribution is -2.32. The molecule has 0 aliphatic heterocycles. The predicted octanol–water partition coefficient (Wildman–Crippen LogP) is 1.69. The zero-order chi connectivity index (χ0) is 14.1. The first-order chi connectivity index (χ1) is 9.17. The fourth-order valence-electron chi connectivity index (χ4n) is 1.51. The minimum atomic E-state index is -0.524. The van der Waals surface area contributed by atoms with Crippen molar-refractivity contribution in [3.05, 3.63) is 35.4 Å². The minimum Gasteiger partial charge on any atom is -0.465 e. The van der Waals surface area contributed by atoms with Crippen LogP contribution >= 0.6 is 11.8 Å². The molecular formula is C14H21NO3S. The molecule has 1 atom stereocenters. The number of carbonyl (C=O) groups excluding carboxylic acids is 1. The van der Waals surface area contributed by atoms with E-state index in [-0.39, 0.29) is 12.6 Å². The third-order valence-electron chi connectivity index (χ3n) is 2.64. The van der Waals surface area contributed by atoms with Gasteiger partial charge in [0.15, 0.2) is 0 Å². The van der Waals surface area contributed by atoms with Crippen LogP contribution in [-0.2, 0) is 21.9 Å². The van der Waals surface area contributed by atoms with Crippen molar-refractivity contribution in [2.75, 3.05) is 12.4 Å². The van der Waals surface area contributed by atoms with Crippen LogP contribution in [0.1, 0.15) is 24.5 Å². The van der Waals surface area contributed by atoms with Crippen LogP contribution in [0.4, 0.5) is 0 Å². The van der Waals surface area contributed by atoms with Crippen molar-refractivity contribution in [2.24, 2.45) is 5.73 Å². The van der Waals surface area contributed by atoms with E-state index < -0.39 is 6.04 Å². The van der Waals surface area contributed by atoms with Gasteiger partial charge in [0.2, 0.25) is 0 Å². The first-order valence-corrected chi connectivity index (χ1v) is 7.51. The van der Waals surface area contributed by atoms with Crippen LogP contribution in [0.2, 0.25) is 0 Å². The number of rotatable bonds is 8. The number of hydrogen-bond donors (Lipinski definition) is 2. The van der Waals surface area contributed by atoms with E-state index in [1.165, 1.54) is 5.56 Å². The second kappa shape index (κ2) is 8.96. The summed E-state index contributed by atoms with van der Waals surface area (Å²) in [6.45, 7) is 2.22. The molecule has 3 N–H and O–H groups in total. The Bertz CT molecular complexity index is 381. The third kappa shape index (κ3) is 6.09. The smallest absolute Gasteiger partial charge is 0.322 e. The topological polar surface area (TPSA) is 72.5 Å². The highest BCUT2D eigenvalue weighted by Crippen LogP contribution is 2.14. The number of carbonyl (C=O) groups is 1. The second-order valence-corrected chi connectivity index (χ2v) is 5.28. The average molecular weight is 283 g/mol. The molecule has 0 radical (unpaired) electrons. The van der Waals surface area contributed by atoms with Gasteiger partial charge in [-0.05, 0) is 30.2 Å². The summed E-state index contributed by atoms with van der Waals surface area (Å²) in [5, 5.41) is 8.94. The van der Waals surface area contributed by atoms with E-state index in [1.54, 1.807) is 18.7 Å². The van der Waals surface area contributed by atoms with Crippen LogP contribution in [0.15, 0.2) is 24.3 Å². The maximum Gasteiger partial charge on any atom is 0.322 e. The molecule has 1 unspecified atom stereocenters. The van der Waals surface area contributed by atoms with Crippen LogP contribution in [0.3, 0.4) is 0 Å². The van der Waals surface area contributed by atoms with Crippen molar-refractivity contribution >= 4 is 17.7 Å².